The first-order valence-electron chi connectivity index (χ1n) is 9.29. The van der Waals surface area contributed by atoms with Gasteiger partial charge in [-0.25, -0.2) is 9.78 Å². The molecule has 0 unspecified atom stereocenters. The first-order chi connectivity index (χ1) is 14.1. The van der Waals surface area contributed by atoms with Crippen LogP contribution in [0.2, 0.25) is 0 Å². The summed E-state index contributed by atoms with van der Waals surface area (Å²) in [6.07, 6.45) is 0.813. The van der Waals surface area contributed by atoms with Gasteiger partial charge in [-0.1, -0.05) is 24.3 Å². The number of hydrogen-bond acceptors (Lipinski definition) is 6. The molecule has 0 spiro atoms. The summed E-state index contributed by atoms with van der Waals surface area (Å²) >= 11 is 1.56. The smallest absolute Gasteiger partial charge is 0.338 e. The molecule has 4 rings (SSSR count). The number of carbonyl (C=O) groups excluding carboxylic acids is 2. The monoisotopic (exact) mass is 408 g/mol. The molecule has 1 aromatic heterocycles. The maximum Gasteiger partial charge on any atom is 0.338 e. The van der Waals surface area contributed by atoms with Crippen molar-refractivity contribution in [3.05, 3.63) is 75.7 Å². The van der Waals surface area contributed by atoms with Crippen LogP contribution < -0.4 is 9.64 Å². The lowest BCUT2D eigenvalue weighted by molar-refractivity contribution is -0.121. The second-order valence-corrected chi connectivity index (χ2v) is 7.74. The number of ether oxygens (including phenoxy) is 2. The zero-order valence-electron chi connectivity index (χ0n) is 16.0. The molecule has 0 saturated heterocycles. The van der Waals surface area contributed by atoms with E-state index in [9.17, 15) is 9.59 Å². The second kappa shape index (κ2) is 8.45. The normalized spacial score (nSPS) is 12.5. The SMILES string of the molecule is Cc1nc(COc2cccc(C(=O)OCC(=O)N3CCc4ccccc43)c2)cs1. The van der Waals surface area contributed by atoms with E-state index < -0.39 is 5.97 Å². The molecule has 1 amide bonds. The number of fused-ring (bicyclic) bond motifs is 1. The topological polar surface area (TPSA) is 68.7 Å². The summed E-state index contributed by atoms with van der Waals surface area (Å²) in [5.74, 6) is -0.236. The van der Waals surface area contributed by atoms with Crippen LogP contribution >= 0.6 is 11.3 Å². The van der Waals surface area contributed by atoms with Gasteiger partial charge in [0.25, 0.3) is 5.91 Å². The molecule has 0 bridgehead atoms. The van der Waals surface area contributed by atoms with Crippen molar-refractivity contribution in [3.8, 4) is 5.75 Å². The van der Waals surface area contributed by atoms with Crippen molar-refractivity contribution in [2.24, 2.45) is 0 Å². The van der Waals surface area contributed by atoms with Crippen LogP contribution in [0.3, 0.4) is 0 Å². The Morgan fingerprint density at radius 2 is 2.03 bits per heavy atom. The molecule has 0 saturated carbocycles. The quantitative estimate of drug-likeness (QED) is 0.581. The van der Waals surface area contributed by atoms with E-state index in [0.29, 0.717) is 24.5 Å². The van der Waals surface area contributed by atoms with Crippen LogP contribution in [0.25, 0.3) is 0 Å². The Morgan fingerprint density at radius 3 is 2.86 bits per heavy atom. The molecule has 148 valence electrons. The van der Waals surface area contributed by atoms with Crippen LogP contribution in [-0.4, -0.2) is 30.0 Å². The number of nitrogens with zero attached hydrogens (tertiary/aromatic N) is 2. The molecule has 1 aliphatic rings. The van der Waals surface area contributed by atoms with Crippen molar-refractivity contribution in [2.45, 2.75) is 20.0 Å². The largest absolute Gasteiger partial charge is 0.487 e. The van der Waals surface area contributed by atoms with Crippen LogP contribution in [0, 0.1) is 6.92 Å². The lowest BCUT2D eigenvalue weighted by Gasteiger charge is -2.17. The number of aryl methyl sites for hydroxylation is 1. The van der Waals surface area contributed by atoms with Crippen LogP contribution in [0.5, 0.6) is 5.75 Å². The van der Waals surface area contributed by atoms with E-state index in [2.05, 4.69) is 4.98 Å². The maximum atomic E-state index is 12.5. The number of amides is 1. The van der Waals surface area contributed by atoms with Crippen LogP contribution in [-0.2, 0) is 22.6 Å². The van der Waals surface area contributed by atoms with E-state index in [1.165, 1.54) is 0 Å². The minimum atomic E-state index is -0.555. The fourth-order valence-electron chi connectivity index (χ4n) is 3.23. The highest BCUT2D eigenvalue weighted by molar-refractivity contribution is 7.09. The number of para-hydroxylation sites is 1. The lowest BCUT2D eigenvalue weighted by atomic mass is 10.2. The summed E-state index contributed by atoms with van der Waals surface area (Å²) in [5.41, 5.74) is 3.21. The standard InChI is InChI=1S/C22H20N2O4S/c1-15-23-18(14-29-15)12-27-19-7-4-6-17(11-19)22(26)28-13-21(25)24-10-9-16-5-2-3-8-20(16)24/h2-8,11,14H,9-10,12-13H2,1H3. The summed E-state index contributed by atoms with van der Waals surface area (Å²) in [6, 6.07) is 14.5. The summed E-state index contributed by atoms with van der Waals surface area (Å²) in [6.45, 7) is 2.58. The van der Waals surface area contributed by atoms with Crippen LogP contribution in [0.15, 0.2) is 53.9 Å². The zero-order valence-corrected chi connectivity index (χ0v) is 16.8. The summed E-state index contributed by atoms with van der Waals surface area (Å²) in [5, 5.41) is 2.92. The molecule has 6 nitrogen and oxygen atoms in total. The zero-order chi connectivity index (χ0) is 20.2. The molecule has 0 aliphatic carbocycles. The van der Waals surface area contributed by atoms with Gasteiger partial charge in [-0.05, 0) is 43.2 Å². The Balaban J connectivity index is 1.33. The fraction of sp³-hybridized carbons (Fsp3) is 0.227. The van der Waals surface area contributed by atoms with Crippen molar-refractivity contribution in [2.75, 3.05) is 18.1 Å². The number of hydrogen-bond donors (Lipinski definition) is 0. The van der Waals surface area contributed by atoms with Crippen molar-refractivity contribution < 1.29 is 19.1 Å². The third-order valence-corrected chi connectivity index (χ3v) is 5.46. The molecule has 3 aromatic rings. The highest BCUT2D eigenvalue weighted by Crippen LogP contribution is 2.27. The van der Waals surface area contributed by atoms with Gasteiger partial charge in [0.1, 0.15) is 12.4 Å². The average molecular weight is 408 g/mol. The first-order valence-corrected chi connectivity index (χ1v) is 10.2. The second-order valence-electron chi connectivity index (χ2n) is 6.67. The van der Waals surface area contributed by atoms with Crippen molar-refractivity contribution in [1.29, 1.82) is 0 Å². The van der Waals surface area contributed by atoms with Crippen LogP contribution in [0.1, 0.15) is 26.6 Å². The Bertz CT molecular complexity index is 1050. The highest BCUT2D eigenvalue weighted by atomic mass is 32.1. The Morgan fingerprint density at radius 1 is 1.17 bits per heavy atom. The van der Waals surface area contributed by atoms with E-state index in [-0.39, 0.29) is 12.5 Å². The van der Waals surface area contributed by atoms with Crippen molar-refractivity contribution in [3.63, 3.8) is 0 Å². The Labute approximate surface area is 172 Å². The van der Waals surface area contributed by atoms with Crippen LogP contribution in [0.4, 0.5) is 5.69 Å². The molecule has 0 fully saturated rings. The summed E-state index contributed by atoms with van der Waals surface area (Å²) in [4.78, 5) is 30.9. The minimum absolute atomic E-state index is 0.227. The molecule has 0 atom stereocenters. The predicted molar refractivity (Wildman–Crippen MR) is 110 cm³/mol. The average Bonchev–Trinajstić information content (AvgIpc) is 3.36. The molecule has 2 aromatic carbocycles. The molecule has 7 heteroatoms. The lowest BCUT2D eigenvalue weighted by Crippen LogP contribution is -2.33. The number of benzene rings is 2. The number of carbonyl (C=O) groups is 2. The summed E-state index contributed by atoms with van der Waals surface area (Å²) < 4.78 is 10.9. The number of anilines is 1. The molecule has 29 heavy (non-hydrogen) atoms. The molecule has 0 radical (unpaired) electrons. The predicted octanol–water partition coefficient (Wildman–Crippen LogP) is 3.78. The number of rotatable bonds is 6. The Kier molecular flexibility index (Phi) is 5.57. The van der Waals surface area contributed by atoms with Gasteiger partial charge >= 0.3 is 5.97 Å². The third-order valence-electron chi connectivity index (χ3n) is 4.64. The van der Waals surface area contributed by atoms with Gasteiger partial charge < -0.3 is 14.4 Å². The van der Waals surface area contributed by atoms with Crippen molar-refractivity contribution in [1.82, 2.24) is 4.98 Å². The number of esters is 1. The minimum Gasteiger partial charge on any atom is -0.487 e. The number of thiazole rings is 1. The van der Waals surface area contributed by atoms with E-state index in [0.717, 1.165) is 28.4 Å². The molecular weight excluding hydrogens is 388 g/mol. The highest BCUT2D eigenvalue weighted by Gasteiger charge is 2.25. The van der Waals surface area contributed by atoms with E-state index in [4.69, 9.17) is 9.47 Å². The van der Waals surface area contributed by atoms with Gasteiger partial charge in [0.05, 0.1) is 16.3 Å². The van der Waals surface area contributed by atoms with Gasteiger partial charge in [0.15, 0.2) is 6.61 Å². The molecule has 0 N–H and O–H groups in total. The third kappa shape index (κ3) is 4.46. The molecule has 1 aliphatic heterocycles. The Hall–Kier alpha value is -3.19. The van der Waals surface area contributed by atoms with Gasteiger partial charge in [-0.3, -0.25) is 4.79 Å². The molecular formula is C22H20N2O4S. The first kappa shape index (κ1) is 19.1. The van der Waals surface area contributed by atoms with Gasteiger partial charge in [0.2, 0.25) is 0 Å². The van der Waals surface area contributed by atoms with Gasteiger partial charge in [-0.2, -0.15) is 0 Å². The number of aromatic nitrogens is 1. The van der Waals surface area contributed by atoms with E-state index >= 15 is 0 Å². The van der Waals surface area contributed by atoms with E-state index in [1.54, 1.807) is 40.5 Å². The fourth-order valence-corrected chi connectivity index (χ4v) is 3.83. The molecule has 2 heterocycles. The van der Waals surface area contributed by atoms with Gasteiger partial charge in [-0.15, -0.1) is 11.3 Å². The van der Waals surface area contributed by atoms with Crippen molar-refractivity contribution >= 4 is 28.9 Å². The van der Waals surface area contributed by atoms with E-state index in [1.807, 2.05) is 36.6 Å². The summed E-state index contributed by atoms with van der Waals surface area (Å²) in [7, 11) is 0. The maximum absolute atomic E-state index is 12.5. The van der Waals surface area contributed by atoms with Gasteiger partial charge in [0, 0.05) is 17.6 Å².